The summed E-state index contributed by atoms with van der Waals surface area (Å²) < 4.78 is 0. The van der Waals surface area contributed by atoms with Crippen molar-refractivity contribution in [1.82, 2.24) is 0 Å². The molecular formula is C16H14N2O6. The van der Waals surface area contributed by atoms with Gasteiger partial charge in [-0.2, -0.15) is 0 Å². The maximum Gasteiger partial charge on any atom is 0.307 e. The molecule has 0 aliphatic heterocycles. The van der Waals surface area contributed by atoms with Crippen LogP contribution in [0, 0.1) is 26.1 Å². The topological polar surface area (TPSA) is 124 Å². The molecule has 0 fully saturated rings. The molecule has 0 aliphatic carbocycles. The highest BCUT2D eigenvalue weighted by Gasteiger charge is 2.25. The smallest absolute Gasteiger partial charge is 0.307 e. The van der Waals surface area contributed by atoms with Crippen LogP contribution in [-0.4, -0.2) is 20.9 Å². The Labute approximate surface area is 136 Å². The predicted octanol–water partition coefficient (Wildman–Crippen LogP) is 2.99. The standard InChI is InChI=1S/C16H14N2O6/c19-16(20)13(8-11-4-2-1-3-5-11)9-12-6-7-14(17(21)22)10-15(12)18(23)24/h1-7,10,13H,8-9H2,(H,19,20). The molecule has 2 aromatic rings. The van der Waals surface area contributed by atoms with Crippen molar-refractivity contribution < 1.29 is 19.7 Å². The van der Waals surface area contributed by atoms with E-state index in [1.807, 2.05) is 0 Å². The second-order valence-corrected chi connectivity index (χ2v) is 5.26. The Morgan fingerprint density at radius 2 is 1.67 bits per heavy atom. The summed E-state index contributed by atoms with van der Waals surface area (Å²) >= 11 is 0. The molecule has 0 spiro atoms. The number of hydrogen-bond donors (Lipinski definition) is 1. The summed E-state index contributed by atoms with van der Waals surface area (Å²) in [6.07, 6.45) is 0.128. The molecular weight excluding hydrogens is 316 g/mol. The van der Waals surface area contributed by atoms with Crippen molar-refractivity contribution in [2.75, 3.05) is 0 Å². The summed E-state index contributed by atoms with van der Waals surface area (Å²) in [5.74, 6) is -1.95. The van der Waals surface area contributed by atoms with E-state index in [-0.39, 0.29) is 18.4 Å². The van der Waals surface area contributed by atoms with Gasteiger partial charge in [0.1, 0.15) is 0 Å². The first-order chi connectivity index (χ1) is 11.4. The molecule has 2 rings (SSSR count). The minimum absolute atomic E-state index is 0.0848. The number of carbonyl (C=O) groups is 1. The fraction of sp³-hybridized carbons (Fsp3) is 0.188. The Morgan fingerprint density at radius 1 is 1.00 bits per heavy atom. The summed E-state index contributed by atoms with van der Waals surface area (Å²) in [5.41, 5.74) is 0.118. The molecule has 0 bridgehead atoms. The first-order valence-electron chi connectivity index (χ1n) is 7.07. The van der Waals surface area contributed by atoms with Gasteiger partial charge in [-0.1, -0.05) is 30.3 Å². The van der Waals surface area contributed by atoms with E-state index in [1.54, 1.807) is 30.3 Å². The second kappa shape index (κ2) is 7.32. The third kappa shape index (κ3) is 4.13. The number of aliphatic carboxylic acids is 1. The van der Waals surface area contributed by atoms with Crippen molar-refractivity contribution >= 4 is 17.3 Å². The molecule has 0 saturated heterocycles. The Kier molecular flexibility index (Phi) is 5.20. The lowest BCUT2D eigenvalue weighted by Crippen LogP contribution is -2.19. The first kappa shape index (κ1) is 17.1. The molecule has 8 nitrogen and oxygen atoms in total. The quantitative estimate of drug-likeness (QED) is 0.614. The van der Waals surface area contributed by atoms with E-state index in [0.717, 1.165) is 17.7 Å². The summed E-state index contributed by atoms with van der Waals surface area (Å²) in [6, 6.07) is 12.2. The number of nitro groups is 2. The van der Waals surface area contributed by atoms with E-state index in [1.165, 1.54) is 6.07 Å². The number of hydrogen-bond acceptors (Lipinski definition) is 5. The molecule has 0 aromatic heterocycles. The largest absolute Gasteiger partial charge is 0.481 e. The van der Waals surface area contributed by atoms with Crippen LogP contribution in [0.2, 0.25) is 0 Å². The fourth-order valence-corrected chi connectivity index (χ4v) is 2.42. The zero-order valence-corrected chi connectivity index (χ0v) is 12.5. The highest BCUT2D eigenvalue weighted by molar-refractivity contribution is 5.71. The van der Waals surface area contributed by atoms with E-state index in [0.29, 0.717) is 0 Å². The molecule has 8 heteroatoms. The third-order valence-corrected chi connectivity index (χ3v) is 3.62. The van der Waals surface area contributed by atoms with Crippen LogP contribution < -0.4 is 0 Å². The molecule has 1 atom stereocenters. The van der Waals surface area contributed by atoms with Crippen molar-refractivity contribution in [3.8, 4) is 0 Å². The molecule has 0 aliphatic rings. The van der Waals surface area contributed by atoms with Crippen molar-refractivity contribution in [3.05, 3.63) is 79.9 Å². The summed E-state index contributed by atoms with van der Waals surface area (Å²) in [7, 11) is 0. The van der Waals surface area contributed by atoms with Crippen molar-refractivity contribution in [3.63, 3.8) is 0 Å². The molecule has 0 radical (unpaired) electrons. The predicted molar refractivity (Wildman–Crippen MR) is 84.7 cm³/mol. The lowest BCUT2D eigenvalue weighted by atomic mass is 9.92. The Hall–Kier alpha value is -3.29. The molecule has 124 valence electrons. The van der Waals surface area contributed by atoms with Gasteiger partial charge in [-0.3, -0.25) is 25.0 Å². The zero-order valence-electron chi connectivity index (χ0n) is 12.5. The molecule has 0 heterocycles. The second-order valence-electron chi connectivity index (χ2n) is 5.26. The minimum Gasteiger partial charge on any atom is -0.481 e. The molecule has 0 amide bonds. The van der Waals surface area contributed by atoms with E-state index in [4.69, 9.17) is 0 Å². The van der Waals surface area contributed by atoms with Gasteiger partial charge in [0.2, 0.25) is 0 Å². The average Bonchev–Trinajstić information content (AvgIpc) is 2.55. The molecule has 0 saturated carbocycles. The summed E-state index contributed by atoms with van der Waals surface area (Å²) in [6.45, 7) is 0. The number of benzene rings is 2. The maximum atomic E-state index is 11.5. The van der Waals surface area contributed by atoms with Crippen LogP contribution in [0.3, 0.4) is 0 Å². The third-order valence-electron chi connectivity index (χ3n) is 3.62. The first-order valence-corrected chi connectivity index (χ1v) is 7.07. The van der Waals surface area contributed by atoms with Crippen molar-refractivity contribution in [2.24, 2.45) is 5.92 Å². The van der Waals surface area contributed by atoms with Crippen molar-refractivity contribution in [1.29, 1.82) is 0 Å². The van der Waals surface area contributed by atoms with E-state index < -0.39 is 33.1 Å². The lowest BCUT2D eigenvalue weighted by molar-refractivity contribution is -0.394. The van der Waals surface area contributed by atoms with Gasteiger partial charge in [-0.05, 0) is 24.5 Å². The van der Waals surface area contributed by atoms with Gasteiger partial charge in [0, 0.05) is 11.6 Å². The lowest BCUT2D eigenvalue weighted by Gasteiger charge is -2.12. The van der Waals surface area contributed by atoms with E-state index in [9.17, 15) is 30.1 Å². The van der Waals surface area contributed by atoms with Crippen LogP contribution in [0.15, 0.2) is 48.5 Å². The van der Waals surface area contributed by atoms with Gasteiger partial charge in [0.05, 0.1) is 21.8 Å². The molecule has 2 aromatic carbocycles. The monoisotopic (exact) mass is 330 g/mol. The highest BCUT2D eigenvalue weighted by Crippen LogP contribution is 2.27. The number of carboxylic acids is 1. The van der Waals surface area contributed by atoms with Gasteiger partial charge in [-0.15, -0.1) is 0 Å². The molecule has 1 unspecified atom stereocenters. The number of rotatable bonds is 7. The Bertz CT molecular complexity index is 775. The van der Waals surface area contributed by atoms with Crippen LogP contribution in [-0.2, 0) is 17.6 Å². The van der Waals surface area contributed by atoms with Crippen LogP contribution in [0.5, 0.6) is 0 Å². The molecule has 1 N–H and O–H groups in total. The normalized spacial score (nSPS) is 11.7. The zero-order chi connectivity index (χ0) is 17.7. The number of nitrogens with zero attached hydrogens (tertiary/aromatic N) is 2. The number of non-ortho nitro benzene ring substituents is 1. The van der Waals surface area contributed by atoms with Crippen LogP contribution in [0.4, 0.5) is 11.4 Å². The average molecular weight is 330 g/mol. The van der Waals surface area contributed by atoms with Gasteiger partial charge in [0.25, 0.3) is 11.4 Å². The Balaban J connectivity index is 2.30. The molecule has 24 heavy (non-hydrogen) atoms. The SMILES string of the molecule is O=C(O)C(Cc1ccccc1)Cc1ccc([N+](=O)[O-])cc1[N+](=O)[O-]. The Morgan fingerprint density at radius 3 is 2.21 bits per heavy atom. The van der Waals surface area contributed by atoms with Crippen LogP contribution in [0.25, 0.3) is 0 Å². The summed E-state index contributed by atoms with van der Waals surface area (Å²) in [5, 5.41) is 31.3. The van der Waals surface area contributed by atoms with Gasteiger partial charge in [-0.25, -0.2) is 0 Å². The van der Waals surface area contributed by atoms with E-state index >= 15 is 0 Å². The summed E-state index contributed by atoms with van der Waals surface area (Å²) in [4.78, 5) is 31.9. The maximum absolute atomic E-state index is 11.5. The highest BCUT2D eigenvalue weighted by atomic mass is 16.6. The van der Waals surface area contributed by atoms with Gasteiger partial charge < -0.3 is 5.11 Å². The minimum atomic E-state index is -1.08. The number of carboxylic acid groups (broad SMARTS) is 1. The van der Waals surface area contributed by atoms with Crippen LogP contribution in [0.1, 0.15) is 11.1 Å². The number of nitro benzene ring substituents is 2. The van der Waals surface area contributed by atoms with E-state index in [2.05, 4.69) is 0 Å². The van der Waals surface area contributed by atoms with Gasteiger partial charge in [0.15, 0.2) is 0 Å². The van der Waals surface area contributed by atoms with Gasteiger partial charge >= 0.3 is 5.97 Å². The van der Waals surface area contributed by atoms with Crippen LogP contribution >= 0.6 is 0 Å². The van der Waals surface area contributed by atoms with Crippen molar-refractivity contribution in [2.45, 2.75) is 12.8 Å². The fourth-order valence-electron chi connectivity index (χ4n) is 2.42.